The van der Waals surface area contributed by atoms with Crippen molar-refractivity contribution in [3.8, 4) is 11.5 Å². The highest BCUT2D eigenvalue weighted by atomic mass is 16.5. The number of hydrogen-bond donors (Lipinski definition) is 0. The molecule has 0 saturated heterocycles. The van der Waals surface area contributed by atoms with E-state index < -0.39 is 5.97 Å². The Bertz CT molecular complexity index is 529. The quantitative estimate of drug-likeness (QED) is 0.787. The van der Waals surface area contributed by atoms with Crippen molar-refractivity contribution in [2.75, 3.05) is 33.4 Å². The summed E-state index contributed by atoms with van der Waals surface area (Å²) in [6.45, 7) is 3.10. The van der Waals surface area contributed by atoms with E-state index in [4.69, 9.17) is 14.2 Å². The minimum atomic E-state index is -0.428. The van der Waals surface area contributed by atoms with E-state index in [2.05, 4.69) is 0 Å². The molecular formula is C15H19NO5. The van der Waals surface area contributed by atoms with Crippen LogP contribution in [-0.2, 0) is 9.53 Å². The molecule has 21 heavy (non-hydrogen) atoms. The normalized spacial score (nSPS) is 13.2. The minimum absolute atomic E-state index is 0.0822. The van der Waals surface area contributed by atoms with Crippen molar-refractivity contribution in [3.05, 3.63) is 23.8 Å². The predicted octanol–water partition coefficient (Wildman–Crippen LogP) is 1.48. The summed E-state index contributed by atoms with van der Waals surface area (Å²) in [6.07, 6.45) is 0.806. The van der Waals surface area contributed by atoms with Gasteiger partial charge in [-0.1, -0.05) is 0 Å². The molecular weight excluding hydrogens is 274 g/mol. The maximum absolute atomic E-state index is 12.3. The van der Waals surface area contributed by atoms with Crippen LogP contribution in [0, 0.1) is 0 Å². The molecule has 0 saturated carbocycles. The molecule has 1 aliphatic rings. The topological polar surface area (TPSA) is 65.1 Å². The number of rotatable bonds is 4. The highest BCUT2D eigenvalue weighted by molar-refractivity contribution is 5.96. The molecule has 1 aromatic carbocycles. The molecule has 0 fully saturated rings. The van der Waals surface area contributed by atoms with E-state index >= 15 is 0 Å². The fourth-order valence-electron chi connectivity index (χ4n) is 1.99. The molecule has 1 amide bonds. The lowest BCUT2D eigenvalue weighted by Crippen LogP contribution is -2.33. The largest absolute Gasteiger partial charge is 0.490 e. The lowest BCUT2D eigenvalue weighted by atomic mass is 10.1. The molecule has 0 unspecified atom stereocenters. The Morgan fingerprint density at radius 1 is 1.24 bits per heavy atom. The molecule has 0 aromatic heterocycles. The van der Waals surface area contributed by atoms with Gasteiger partial charge in [-0.25, -0.2) is 0 Å². The van der Waals surface area contributed by atoms with Gasteiger partial charge in [0.05, 0.1) is 19.8 Å². The summed E-state index contributed by atoms with van der Waals surface area (Å²) >= 11 is 0. The van der Waals surface area contributed by atoms with Crippen LogP contribution in [0.25, 0.3) is 0 Å². The third-order valence-corrected chi connectivity index (χ3v) is 3.01. The Labute approximate surface area is 123 Å². The molecule has 0 atom stereocenters. The van der Waals surface area contributed by atoms with Crippen molar-refractivity contribution in [2.24, 2.45) is 0 Å². The summed E-state index contributed by atoms with van der Waals surface area (Å²) in [5.74, 6) is 0.501. The average Bonchev–Trinajstić information content (AvgIpc) is 2.70. The number of carbonyl (C=O) groups is 2. The summed E-state index contributed by atoms with van der Waals surface area (Å²) in [5.41, 5.74) is 0.450. The van der Waals surface area contributed by atoms with Crippen LogP contribution in [0.3, 0.4) is 0 Å². The number of hydrogen-bond acceptors (Lipinski definition) is 5. The summed E-state index contributed by atoms with van der Waals surface area (Å²) in [7, 11) is 1.56. The maximum atomic E-state index is 12.3. The summed E-state index contributed by atoms with van der Waals surface area (Å²) in [6, 6.07) is 5.02. The molecule has 1 heterocycles. The van der Waals surface area contributed by atoms with Gasteiger partial charge in [0.15, 0.2) is 11.5 Å². The van der Waals surface area contributed by atoms with Crippen molar-refractivity contribution in [2.45, 2.75) is 13.3 Å². The monoisotopic (exact) mass is 293 g/mol. The van der Waals surface area contributed by atoms with E-state index in [-0.39, 0.29) is 12.5 Å². The molecule has 0 bridgehead atoms. The zero-order valence-electron chi connectivity index (χ0n) is 12.3. The van der Waals surface area contributed by atoms with Gasteiger partial charge < -0.3 is 19.1 Å². The molecule has 1 aromatic rings. The fourth-order valence-corrected chi connectivity index (χ4v) is 1.99. The van der Waals surface area contributed by atoms with Crippen molar-refractivity contribution < 1.29 is 23.8 Å². The first kappa shape index (κ1) is 15.2. The second kappa shape index (κ2) is 6.97. The summed E-state index contributed by atoms with van der Waals surface area (Å²) < 4.78 is 15.9. The van der Waals surface area contributed by atoms with Gasteiger partial charge in [0.2, 0.25) is 0 Å². The van der Waals surface area contributed by atoms with Gasteiger partial charge in [-0.2, -0.15) is 0 Å². The maximum Gasteiger partial charge on any atom is 0.325 e. The van der Waals surface area contributed by atoms with Gasteiger partial charge in [0, 0.05) is 19.0 Å². The molecule has 6 heteroatoms. The molecule has 0 N–H and O–H groups in total. The first-order chi connectivity index (χ1) is 10.1. The zero-order valence-corrected chi connectivity index (χ0v) is 12.3. The Kier molecular flexibility index (Phi) is 5.03. The Morgan fingerprint density at radius 3 is 2.67 bits per heavy atom. The van der Waals surface area contributed by atoms with Gasteiger partial charge in [-0.05, 0) is 25.1 Å². The molecule has 2 rings (SSSR count). The number of amides is 1. The fraction of sp³-hybridized carbons (Fsp3) is 0.467. The molecule has 0 spiro atoms. The molecule has 6 nitrogen and oxygen atoms in total. The second-order valence-electron chi connectivity index (χ2n) is 4.68. The summed E-state index contributed by atoms with van der Waals surface area (Å²) in [4.78, 5) is 25.0. The van der Waals surface area contributed by atoms with Crippen molar-refractivity contribution >= 4 is 11.9 Å². The second-order valence-corrected chi connectivity index (χ2v) is 4.68. The van der Waals surface area contributed by atoms with Crippen molar-refractivity contribution in [1.82, 2.24) is 4.90 Å². The lowest BCUT2D eigenvalue weighted by Gasteiger charge is -2.17. The van der Waals surface area contributed by atoms with Crippen LogP contribution in [0.1, 0.15) is 23.7 Å². The highest BCUT2D eigenvalue weighted by Gasteiger charge is 2.18. The molecule has 0 radical (unpaired) electrons. The molecule has 114 valence electrons. The van der Waals surface area contributed by atoms with Crippen LogP contribution in [0.5, 0.6) is 11.5 Å². The Hall–Kier alpha value is -2.24. The van der Waals surface area contributed by atoms with Crippen LogP contribution in [-0.4, -0.2) is 50.2 Å². The average molecular weight is 293 g/mol. The Morgan fingerprint density at radius 2 is 1.95 bits per heavy atom. The molecule has 1 aliphatic heterocycles. The van der Waals surface area contributed by atoms with Crippen LogP contribution in [0.4, 0.5) is 0 Å². The van der Waals surface area contributed by atoms with Gasteiger partial charge in [0.25, 0.3) is 5.91 Å². The van der Waals surface area contributed by atoms with E-state index in [1.807, 2.05) is 0 Å². The first-order valence-electron chi connectivity index (χ1n) is 6.92. The number of likely N-dealkylation sites (N-methyl/N-ethyl adjacent to an activating group) is 1. The van der Waals surface area contributed by atoms with Crippen LogP contribution < -0.4 is 9.47 Å². The van der Waals surface area contributed by atoms with Gasteiger partial charge in [-0.15, -0.1) is 0 Å². The van der Waals surface area contributed by atoms with Crippen molar-refractivity contribution in [1.29, 1.82) is 0 Å². The van der Waals surface area contributed by atoms with Gasteiger partial charge in [-0.3, -0.25) is 9.59 Å². The SMILES string of the molecule is CCOC(=O)CN(C)C(=O)c1ccc2c(c1)OCCCO2. The van der Waals surface area contributed by atoms with Gasteiger partial charge >= 0.3 is 5.97 Å². The Balaban J connectivity index is 2.08. The van der Waals surface area contributed by atoms with E-state index in [0.29, 0.717) is 36.9 Å². The smallest absolute Gasteiger partial charge is 0.325 e. The lowest BCUT2D eigenvalue weighted by molar-refractivity contribution is -0.143. The van der Waals surface area contributed by atoms with E-state index in [1.54, 1.807) is 32.2 Å². The number of esters is 1. The first-order valence-corrected chi connectivity index (χ1v) is 6.92. The van der Waals surface area contributed by atoms with Crippen LogP contribution in [0.2, 0.25) is 0 Å². The number of fused-ring (bicyclic) bond motifs is 1. The van der Waals surface area contributed by atoms with Crippen LogP contribution in [0.15, 0.2) is 18.2 Å². The van der Waals surface area contributed by atoms with E-state index in [9.17, 15) is 9.59 Å². The van der Waals surface area contributed by atoms with Crippen LogP contribution >= 0.6 is 0 Å². The third-order valence-electron chi connectivity index (χ3n) is 3.01. The predicted molar refractivity (Wildman–Crippen MR) is 75.6 cm³/mol. The molecule has 0 aliphatic carbocycles. The third kappa shape index (κ3) is 3.87. The number of benzene rings is 1. The van der Waals surface area contributed by atoms with Gasteiger partial charge in [0.1, 0.15) is 6.54 Å². The minimum Gasteiger partial charge on any atom is -0.490 e. The van der Waals surface area contributed by atoms with E-state index in [0.717, 1.165) is 6.42 Å². The van der Waals surface area contributed by atoms with Crippen molar-refractivity contribution in [3.63, 3.8) is 0 Å². The number of ether oxygens (including phenoxy) is 3. The zero-order chi connectivity index (χ0) is 15.2. The van der Waals surface area contributed by atoms with E-state index in [1.165, 1.54) is 4.90 Å². The highest BCUT2D eigenvalue weighted by Crippen LogP contribution is 2.30. The standard InChI is InChI=1S/C15H19NO5/c1-3-19-14(17)10-16(2)15(18)11-5-6-12-13(9-11)21-8-4-7-20-12/h5-6,9H,3-4,7-8,10H2,1-2H3. The summed E-state index contributed by atoms with van der Waals surface area (Å²) in [5, 5.41) is 0. The number of nitrogens with zero attached hydrogens (tertiary/aromatic N) is 1. The number of carbonyl (C=O) groups excluding carboxylic acids is 2.